The summed E-state index contributed by atoms with van der Waals surface area (Å²) in [6, 6.07) is 7.34. The molecule has 6 heteroatoms. The normalized spacial score (nSPS) is 11.0. The van der Waals surface area contributed by atoms with Crippen LogP contribution < -0.4 is 16.2 Å². The van der Waals surface area contributed by atoms with Gasteiger partial charge in [0.1, 0.15) is 23.0 Å². The van der Waals surface area contributed by atoms with Crippen molar-refractivity contribution in [2.45, 2.75) is 20.5 Å². The molecule has 0 aliphatic carbocycles. The summed E-state index contributed by atoms with van der Waals surface area (Å²) in [5.41, 5.74) is 13.6. The third-order valence-electron chi connectivity index (χ3n) is 3.38. The van der Waals surface area contributed by atoms with Crippen molar-refractivity contribution in [3.8, 4) is 5.75 Å². The Bertz CT molecular complexity index is 813. The largest absolute Gasteiger partial charge is 0.483 e. The molecule has 3 rings (SSSR count). The van der Waals surface area contributed by atoms with Crippen LogP contribution in [0.5, 0.6) is 5.75 Å². The number of benzene rings is 1. The summed E-state index contributed by atoms with van der Waals surface area (Å²) in [4.78, 5) is 11.0. The first-order valence-electron chi connectivity index (χ1n) is 6.55. The molecule has 0 aliphatic rings. The van der Waals surface area contributed by atoms with E-state index in [0.29, 0.717) is 23.1 Å². The molecule has 0 atom stereocenters. The van der Waals surface area contributed by atoms with Crippen molar-refractivity contribution in [1.29, 1.82) is 0 Å². The van der Waals surface area contributed by atoms with Gasteiger partial charge in [-0.05, 0) is 31.5 Å². The summed E-state index contributed by atoms with van der Waals surface area (Å²) in [5.74, 6) is 1.68. The number of aryl methyl sites for hydroxylation is 2. The van der Waals surface area contributed by atoms with Crippen LogP contribution in [0.25, 0.3) is 10.2 Å². The smallest absolute Gasteiger partial charge is 0.169 e. The summed E-state index contributed by atoms with van der Waals surface area (Å²) in [6.45, 7) is 4.33. The van der Waals surface area contributed by atoms with Crippen molar-refractivity contribution in [3.63, 3.8) is 0 Å². The fraction of sp³-hybridized carbons (Fsp3) is 0.200. The van der Waals surface area contributed by atoms with Crippen LogP contribution in [0.1, 0.15) is 16.3 Å². The van der Waals surface area contributed by atoms with Crippen LogP contribution in [0.4, 0.5) is 11.5 Å². The number of nitrogen functional groups attached to an aromatic ring is 2. The minimum Gasteiger partial charge on any atom is -0.483 e. The quantitative estimate of drug-likeness (QED) is 0.726. The zero-order valence-electron chi connectivity index (χ0n) is 11.9. The highest BCUT2D eigenvalue weighted by atomic mass is 32.1. The van der Waals surface area contributed by atoms with Gasteiger partial charge < -0.3 is 16.2 Å². The van der Waals surface area contributed by atoms with E-state index in [0.717, 1.165) is 15.8 Å². The standard InChI is InChI=1S/C15H16N4OS/c1-8-9(2)21-15-13(8)14(17)18-12(19-15)7-20-11-6-4-3-5-10(11)16/h3-6H,7,16H2,1-2H3,(H2,17,18,19). The lowest BCUT2D eigenvalue weighted by molar-refractivity contribution is 0.298. The van der Waals surface area contributed by atoms with Gasteiger partial charge in [-0.15, -0.1) is 11.3 Å². The maximum Gasteiger partial charge on any atom is 0.169 e. The molecule has 0 spiro atoms. The number of fused-ring (bicyclic) bond motifs is 1. The van der Waals surface area contributed by atoms with Crippen LogP contribution in [0.15, 0.2) is 24.3 Å². The Labute approximate surface area is 126 Å². The first-order chi connectivity index (χ1) is 10.1. The van der Waals surface area contributed by atoms with E-state index in [2.05, 4.69) is 16.9 Å². The minimum absolute atomic E-state index is 0.240. The molecular formula is C15H16N4OS. The highest BCUT2D eigenvalue weighted by Crippen LogP contribution is 2.32. The van der Waals surface area contributed by atoms with Crippen LogP contribution in [0, 0.1) is 13.8 Å². The number of hydrogen-bond acceptors (Lipinski definition) is 6. The maximum atomic E-state index is 6.05. The summed E-state index contributed by atoms with van der Waals surface area (Å²) in [6.07, 6.45) is 0. The third-order valence-corrected chi connectivity index (χ3v) is 4.48. The zero-order chi connectivity index (χ0) is 15.0. The van der Waals surface area contributed by atoms with E-state index in [9.17, 15) is 0 Å². The maximum absolute atomic E-state index is 6.05. The van der Waals surface area contributed by atoms with Gasteiger partial charge in [0.2, 0.25) is 0 Å². The number of aromatic nitrogens is 2. The molecule has 0 radical (unpaired) electrons. The van der Waals surface area contributed by atoms with Gasteiger partial charge in [-0.25, -0.2) is 9.97 Å². The van der Waals surface area contributed by atoms with Gasteiger partial charge in [0.05, 0.1) is 11.1 Å². The van der Waals surface area contributed by atoms with Gasteiger partial charge >= 0.3 is 0 Å². The number of rotatable bonds is 3. The minimum atomic E-state index is 0.240. The van der Waals surface area contributed by atoms with Crippen LogP contribution in [0.2, 0.25) is 0 Å². The molecule has 0 unspecified atom stereocenters. The summed E-state index contributed by atoms with van der Waals surface area (Å²) >= 11 is 1.62. The molecular weight excluding hydrogens is 284 g/mol. The van der Waals surface area contributed by atoms with Crippen LogP contribution in [0.3, 0.4) is 0 Å². The molecule has 0 amide bonds. The van der Waals surface area contributed by atoms with E-state index in [4.69, 9.17) is 16.2 Å². The molecule has 0 saturated heterocycles. The predicted octanol–water partition coefficient (Wildman–Crippen LogP) is 3.05. The van der Waals surface area contributed by atoms with Crippen LogP contribution >= 0.6 is 11.3 Å². The second kappa shape index (κ2) is 5.21. The van der Waals surface area contributed by atoms with Gasteiger partial charge in [0, 0.05) is 4.88 Å². The first kappa shape index (κ1) is 13.6. The van der Waals surface area contributed by atoms with E-state index >= 15 is 0 Å². The Morgan fingerprint density at radius 2 is 1.90 bits per heavy atom. The molecule has 108 valence electrons. The molecule has 21 heavy (non-hydrogen) atoms. The van der Waals surface area contributed by atoms with Crippen molar-refractivity contribution < 1.29 is 4.74 Å². The predicted molar refractivity (Wildman–Crippen MR) is 86.5 cm³/mol. The van der Waals surface area contributed by atoms with Crippen molar-refractivity contribution in [1.82, 2.24) is 9.97 Å². The summed E-state index contributed by atoms with van der Waals surface area (Å²) < 4.78 is 5.66. The molecule has 5 nitrogen and oxygen atoms in total. The third kappa shape index (κ3) is 2.50. The molecule has 0 fully saturated rings. The number of ether oxygens (including phenoxy) is 1. The topological polar surface area (TPSA) is 87.0 Å². The van der Waals surface area contributed by atoms with Crippen molar-refractivity contribution in [2.75, 3.05) is 11.5 Å². The molecule has 3 aromatic rings. The van der Waals surface area contributed by atoms with Crippen LogP contribution in [-0.4, -0.2) is 9.97 Å². The number of thiophene rings is 1. The van der Waals surface area contributed by atoms with Gasteiger partial charge in [-0.2, -0.15) is 0 Å². The second-order valence-corrected chi connectivity index (χ2v) is 6.02. The lowest BCUT2D eigenvalue weighted by Gasteiger charge is -2.08. The molecule has 2 aromatic heterocycles. The lowest BCUT2D eigenvalue weighted by atomic mass is 10.2. The van der Waals surface area contributed by atoms with Gasteiger partial charge in [0.15, 0.2) is 5.82 Å². The van der Waals surface area contributed by atoms with E-state index in [1.165, 1.54) is 4.88 Å². The summed E-state index contributed by atoms with van der Waals surface area (Å²) in [5, 5.41) is 0.945. The average molecular weight is 300 g/mol. The Balaban J connectivity index is 1.90. The van der Waals surface area contributed by atoms with E-state index < -0.39 is 0 Å². The van der Waals surface area contributed by atoms with Crippen molar-refractivity contribution >= 4 is 33.1 Å². The number of para-hydroxylation sites is 2. The fourth-order valence-electron chi connectivity index (χ4n) is 2.15. The van der Waals surface area contributed by atoms with Crippen LogP contribution in [-0.2, 0) is 6.61 Å². The number of nitrogens with two attached hydrogens (primary N) is 2. The first-order valence-corrected chi connectivity index (χ1v) is 7.37. The molecule has 2 heterocycles. The molecule has 1 aromatic carbocycles. The van der Waals surface area contributed by atoms with Crippen molar-refractivity contribution in [2.24, 2.45) is 0 Å². The van der Waals surface area contributed by atoms with Gasteiger partial charge in [-0.3, -0.25) is 0 Å². The summed E-state index contributed by atoms with van der Waals surface area (Å²) in [7, 11) is 0. The molecule has 0 bridgehead atoms. The fourth-order valence-corrected chi connectivity index (χ4v) is 3.20. The van der Waals surface area contributed by atoms with E-state index in [1.807, 2.05) is 25.1 Å². The Morgan fingerprint density at radius 3 is 2.67 bits per heavy atom. The average Bonchev–Trinajstić information content (AvgIpc) is 2.73. The number of hydrogen-bond donors (Lipinski definition) is 2. The highest BCUT2D eigenvalue weighted by molar-refractivity contribution is 7.18. The van der Waals surface area contributed by atoms with Crippen molar-refractivity contribution in [3.05, 3.63) is 40.5 Å². The Morgan fingerprint density at radius 1 is 1.14 bits per heavy atom. The monoisotopic (exact) mass is 300 g/mol. The van der Waals surface area contributed by atoms with Gasteiger partial charge in [0.25, 0.3) is 0 Å². The highest BCUT2D eigenvalue weighted by Gasteiger charge is 2.13. The van der Waals surface area contributed by atoms with E-state index in [-0.39, 0.29) is 6.61 Å². The zero-order valence-corrected chi connectivity index (χ0v) is 12.7. The van der Waals surface area contributed by atoms with Gasteiger partial charge in [-0.1, -0.05) is 12.1 Å². The number of anilines is 2. The SMILES string of the molecule is Cc1sc2nc(COc3ccccc3N)nc(N)c2c1C. The molecule has 0 saturated carbocycles. The molecule has 0 aliphatic heterocycles. The lowest BCUT2D eigenvalue weighted by Crippen LogP contribution is -2.05. The molecule has 4 N–H and O–H groups in total. The number of nitrogens with zero attached hydrogens (tertiary/aromatic N) is 2. The van der Waals surface area contributed by atoms with E-state index in [1.54, 1.807) is 17.4 Å². The second-order valence-electron chi connectivity index (χ2n) is 4.81. The Kier molecular flexibility index (Phi) is 3.39. The Hall–Kier alpha value is -2.34.